The Hall–Kier alpha value is -1.60. The normalized spacial score (nSPS) is 20.8. The monoisotopic (exact) mass is 817 g/mol. The van der Waals surface area contributed by atoms with Gasteiger partial charge in [-0.1, -0.05) is 0 Å². The molecule has 259 valence electrons. The fourth-order valence-corrected chi connectivity index (χ4v) is 13.7. The van der Waals surface area contributed by atoms with Crippen molar-refractivity contribution in [3.63, 3.8) is 0 Å². The first-order valence-corrected chi connectivity index (χ1v) is 20.7. The molecule has 5 heteroatoms. The number of halogens is 4. The first kappa shape index (κ1) is 39.6. The third-order valence-corrected chi connectivity index (χ3v) is 16.1. The molecular weight excluding hydrogens is 774 g/mol. The third-order valence-electron chi connectivity index (χ3n) is 10.7. The molecule has 0 aliphatic heterocycles. The molecule has 0 heterocycles. The largest absolute Gasteiger partial charge is 1.00 e. The van der Waals surface area contributed by atoms with Crippen LogP contribution in [0.15, 0.2) is 105 Å². The second kappa shape index (κ2) is 13.7. The Morgan fingerprint density at radius 3 is 1.84 bits per heavy atom. The maximum Gasteiger partial charge on any atom is -1.00 e. The Balaban J connectivity index is 0.00000243. The summed E-state index contributed by atoms with van der Waals surface area (Å²) in [4.78, 5) is 0. The van der Waals surface area contributed by atoms with E-state index < -0.39 is 23.2 Å². The standard InChI is InChI=1S/C24H22Cl2.C21H25.2ClH.Zr/c1-23(2,3)21-19-14-24(4,13-15-5-9-17(25)10-6-15)22(21)20(19)16-7-11-18(26)12-8-16;1-20(2,3)16-11-10-14-12-15-8-7-9-18(21(4,5)6)19(15)17(14)13-16;;;/h5-13,20H,1-4H3;7-13H,1-6H3;2*1H;/q;;;;+2/p-2. The van der Waals surface area contributed by atoms with Gasteiger partial charge in [-0.2, -0.15) is 0 Å². The van der Waals surface area contributed by atoms with Gasteiger partial charge >= 0.3 is 313 Å². The molecule has 0 amide bonds. The summed E-state index contributed by atoms with van der Waals surface area (Å²) in [5.41, 5.74) is 16.4. The van der Waals surface area contributed by atoms with E-state index in [9.17, 15) is 0 Å². The second-order valence-electron chi connectivity index (χ2n) is 17.4. The van der Waals surface area contributed by atoms with Crippen LogP contribution in [0.4, 0.5) is 0 Å². The van der Waals surface area contributed by atoms with E-state index >= 15 is 0 Å². The number of rotatable bonds is 5. The van der Waals surface area contributed by atoms with Crippen LogP contribution in [0.3, 0.4) is 0 Å². The summed E-state index contributed by atoms with van der Waals surface area (Å²) in [5.74, 6) is 0.311. The summed E-state index contributed by atoms with van der Waals surface area (Å²) in [6.45, 7) is 23.9. The smallest absolute Gasteiger partial charge is 1.00 e. The fourth-order valence-electron chi connectivity index (χ4n) is 8.50. The predicted molar refractivity (Wildman–Crippen MR) is 202 cm³/mol. The van der Waals surface area contributed by atoms with Gasteiger partial charge in [-0.05, 0) is 0 Å². The molecular formula is C45H47Cl4Zr. The van der Waals surface area contributed by atoms with Gasteiger partial charge in [-0.3, -0.25) is 0 Å². The van der Waals surface area contributed by atoms with Crippen LogP contribution in [0.1, 0.15) is 112 Å². The van der Waals surface area contributed by atoms with Gasteiger partial charge in [-0.25, -0.2) is 0 Å². The third kappa shape index (κ3) is 6.60. The van der Waals surface area contributed by atoms with Crippen LogP contribution in [-0.4, -0.2) is 0 Å². The molecule has 4 aromatic carbocycles. The number of hydrogen-bond donors (Lipinski definition) is 0. The minimum Gasteiger partial charge on any atom is -1.00 e. The number of hydrogen-bond acceptors (Lipinski definition) is 0. The zero-order chi connectivity index (χ0) is 34.6. The van der Waals surface area contributed by atoms with E-state index in [1.807, 2.05) is 12.1 Å². The Kier molecular flexibility index (Phi) is 10.8. The van der Waals surface area contributed by atoms with Crippen LogP contribution in [0.5, 0.6) is 0 Å². The van der Waals surface area contributed by atoms with Gasteiger partial charge in [0.05, 0.1) is 0 Å². The summed E-state index contributed by atoms with van der Waals surface area (Å²) < 4.78 is 2.17. The van der Waals surface area contributed by atoms with E-state index in [0.717, 1.165) is 10.0 Å². The van der Waals surface area contributed by atoms with Crippen molar-refractivity contribution >= 4 is 23.2 Å². The van der Waals surface area contributed by atoms with Gasteiger partial charge in [0, 0.05) is 0 Å². The molecule has 3 aliphatic rings. The van der Waals surface area contributed by atoms with Gasteiger partial charge in [-0.15, -0.1) is 0 Å². The van der Waals surface area contributed by atoms with Gasteiger partial charge < -0.3 is 24.8 Å². The predicted octanol–water partition coefficient (Wildman–Crippen LogP) is 7.42. The van der Waals surface area contributed by atoms with Crippen molar-refractivity contribution in [1.82, 2.24) is 0 Å². The minimum atomic E-state index is -1.29. The second-order valence-corrected chi connectivity index (χ2v) is 21.6. The SMILES string of the molecule is CC(C)(C)C1=C2C(c3ccc(Cl)cc3)C1=[C]([Zr+2][CH]1c3ccc(C(C)(C)C)cc3-c3c1cccc3C(C)(C)C)C2(C)[CH]c1ccc(Cl)cc1.[Cl-].[Cl-]. The molecule has 4 aromatic rings. The van der Waals surface area contributed by atoms with E-state index in [-0.39, 0.29) is 46.5 Å². The van der Waals surface area contributed by atoms with Crippen molar-refractivity contribution in [3.8, 4) is 11.1 Å². The summed E-state index contributed by atoms with van der Waals surface area (Å²) in [7, 11) is 0. The van der Waals surface area contributed by atoms with Crippen LogP contribution in [0.2, 0.25) is 10.0 Å². The average molecular weight is 821 g/mol. The van der Waals surface area contributed by atoms with Crippen LogP contribution >= 0.6 is 23.2 Å². The summed E-state index contributed by atoms with van der Waals surface area (Å²) in [5, 5.41) is 1.57. The summed E-state index contributed by atoms with van der Waals surface area (Å²) in [6, 6.07) is 31.7. The van der Waals surface area contributed by atoms with Gasteiger partial charge in [0.1, 0.15) is 0 Å². The van der Waals surface area contributed by atoms with Crippen molar-refractivity contribution in [2.45, 2.75) is 89.6 Å². The van der Waals surface area contributed by atoms with Gasteiger partial charge in [0.25, 0.3) is 0 Å². The Morgan fingerprint density at radius 2 is 1.28 bits per heavy atom. The number of allylic oxidation sites excluding steroid dienone is 4. The van der Waals surface area contributed by atoms with Crippen LogP contribution < -0.4 is 24.8 Å². The van der Waals surface area contributed by atoms with Crippen molar-refractivity contribution in [2.24, 2.45) is 10.8 Å². The average Bonchev–Trinajstić information content (AvgIpc) is 3.52. The van der Waals surface area contributed by atoms with E-state index in [1.165, 1.54) is 38.9 Å². The van der Waals surface area contributed by atoms with Gasteiger partial charge in [0.2, 0.25) is 0 Å². The minimum absolute atomic E-state index is 0. The Labute approximate surface area is 334 Å². The molecule has 0 saturated heterocycles. The molecule has 0 fully saturated rings. The van der Waals surface area contributed by atoms with Gasteiger partial charge in [0.15, 0.2) is 0 Å². The fraction of sp³-hybridized carbons (Fsp3) is 0.356. The first-order chi connectivity index (χ1) is 22.4. The van der Waals surface area contributed by atoms with E-state index in [2.05, 4.69) is 148 Å². The summed E-state index contributed by atoms with van der Waals surface area (Å²) in [6.07, 6.45) is 2.56. The topological polar surface area (TPSA) is 0 Å². The Bertz CT molecular complexity index is 2000. The van der Waals surface area contributed by atoms with Crippen LogP contribution in [0, 0.1) is 17.3 Å². The maximum absolute atomic E-state index is 6.43. The maximum atomic E-state index is 6.43. The van der Waals surface area contributed by atoms with E-state index in [4.69, 9.17) is 23.2 Å². The molecule has 7 rings (SSSR count). The molecule has 3 atom stereocenters. The molecule has 2 bridgehead atoms. The molecule has 0 saturated carbocycles. The number of benzene rings is 4. The van der Waals surface area contributed by atoms with Crippen molar-refractivity contribution in [3.05, 3.63) is 155 Å². The van der Waals surface area contributed by atoms with E-state index in [0.29, 0.717) is 9.54 Å². The quantitative estimate of drug-likeness (QED) is 0.197. The number of fused-ring (bicyclic) bond motifs is 5. The molecule has 0 aromatic heterocycles. The molecule has 1 radical (unpaired) electrons. The van der Waals surface area contributed by atoms with Crippen molar-refractivity contribution in [2.75, 3.05) is 0 Å². The molecule has 3 unspecified atom stereocenters. The molecule has 0 spiro atoms. The molecule has 50 heavy (non-hydrogen) atoms. The van der Waals surface area contributed by atoms with Crippen molar-refractivity contribution < 1.29 is 48.0 Å². The molecule has 0 nitrogen and oxygen atoms in total. The van der Waals surface area contributed by atoms with Crippen LogP contribution in [-0.2, 0) is 34.1 Å². The van der Waals surface area contributed by atoms with E-state index in [1.54, 1.807) is 25.6 Å². The zero-order valence-electron chi connectivity index (χ0n) is 30.8. The van der Waals surface area contributed by atoms with Crippen molar-refractivity contribution in [1.29, 1.82) is 0 Å². The summed E-state index contributed by atoms with van der Waals surface area (Å²) >= 11 is 11.5. The first-order valence-electron chi connectivity index (χ1n) is 17.3. The van der Waals surface area contributed by atoms with Crippen LogP contribution in [0.25, 0.3) is 11.1 Å². The zero-order valence-corrected chi connectivity index (χ0v) is 36.3. The molecule has 3 aliphatic carbocycles. The Morgan fingerprint density at radius 1 is 0.680 bits per heavy atom. The molecule has 0 N–H and O–H groups in total.